The van der Waals surface area contributed by atoms with Crippen molar-refractivity contribution in [2.75, 3.05) is 6.54 Å². The molecule has 0 radical (unpaired) electrons. The molecule has 0 bridgehead atoms. The van der Waals surface area contributed by atoms with Crippen molar-refractivity contribution in [2.45, 2.75) is 25.3 Å². The van der Waals surface area contributed by atoms with Gasteiger partial charge >= 0.3 is 5.97 Å². The predicted molar refractivity (Wildman–Crippen MR) is 39.8 cm³/mol. The van der Waals surface area contributed by atoms with Gasteiger partial charge in [0.25, 0.3) is 0 Å². The van der Waals surface area contributed by atoms with E-state index in [4.69, 9.17) is 10.3 Å². The Bertz CT molecular complexity index is 230. The average molecular weight is 189 g/mol. The van der Waals surface area contributed by atoms with Crippen LogP contribution >= 0.6 is 0 Å². The Balaban J connectivity index is 2.73. The van der Waals surface area contributed by atoms with Crippen molar-refractivity contribution in [3.63, 3.8) is 0 Å². The number of aliphatic carboxylic acids is 1. The minimum absolute atomic E-state index is 0.0715. The normalized spacial score (nSPS) is 24.5. The molecule has 0 aromatic heterocycles. The van der Waals surface area contributed by atoms with Crippen molar-refractivity contribution < 1.29 is 20.1 Å². The van der Waals surface area contributed by atoms with Gasteiger partial charge < -0.3 is 15.5 Å². The number of carboxylic acids is 1. The molecule has 2 N–H and O–H groups in total. The van der Waals surface area contributed by atoms with Crippen molar-refractivity contribution in [1.29, 1.82) is 0 Å². The van der Waals surface area contributed by atoms with Crippen LogP contribution in [-0.2, 0) is 4.79 Å². The van der Waals surface area contributed by atoms with Gasteiger partial charge in [0.05, 0.1) is 11.5 Å². The summed E-state index contributed by atoms with van der Waals surface area (Å²) in [5.41, 5.74) is 0. The van der Waals surface area contributed by atoms with Crippen LogP contribution in [0.4, 0.5) is 0 Å². The molecule has 0 amide bonds. The van der Waals surface area contributed by atoms with E-state index in [1.54, 1.807) is 0 Å². The van der Waals surface area contributed by atoms with Crippen molar-refractivity contribution in [1.82, 2.24) is 5.01 Å². The fourth-order valence-corrected chi connectivity index (χ4v) is 1.42. The lowest BCUT2D eigenvalue weighted by Crippen LogP contribution is -2.48. The molecule has 1 aliphatic heterocycles. The van der Waals surface area contributed by atoms with Gasteiger partial charge in [0.1, 0.15) is 0 Å². The summed E-state index contributed by atoms with van der Waals surface area (Å²) in [5, 5.41) is 31.1. The molecular formula is C6H11N3O4. The van der Waals surface area contributed by atoms with Crippen LogP contribution in [0.5, 0.6) is 0 Å². The van der Waals surface area contributed by atoms with Crippen molar-refractivity contribution >= 4 is 5.97 Å². The van der Waals surface area contributed by atoms with Gasteiger partial charge in [-0.2, -0.15) is 0 Å². The number of hydrogen-bond donors (Lipinski definition) is 2. The maximum atomic E-state index is 10.8. The molecule has 1 aliphatic rings. The highest BCUT2D eigenvalue weighted by Gasteiger charge is 2.34. The zero-order valence-corrected chi connectivity index (χ0v) is 6.96. The largest absolute Gasteiger partial charge is 0.569 e. The second-order valence-electron chi connectivity index (χ2n) is 2.86. The lowest BCUT2D eigenvalue weighted by atomic mass is 10.0. The van der Waals surface area contributed by atoms with E-state index < -0.39 is 12.0 Å². The SMILES string of the molecule is O=C(O)C1CCCCN1/[N+]([O-])=N\O. The first-order valence-corrected chi connectivity index (χ1v) is 3.98. The van der Waals surface area contributed by atoms with E-state index in [1.807, 2.05) is 0 Å². The van der Waals surface area contributed by atoms with Gasteiger partial charge in [-0.3, -0.25) is 0 Å². The number of carboxylic acid groups (broad SMARTS) is 1. The first kappa shape index (κ1) is 9.56. The van der Waals surface area contributed by atoms with E-state index in [0.717, 1.165) is 17.9 Å². The van der Waals surface area contributed by atoms with Crippen LogP contribution in [0.3, 0.4) is 0 Å². The molecule has 0 aromatic carbocycles. The van der Waals surface area contributed by atoms with E-state index in [-0.39, 0.29) is 4.97 Å². The molecule has 1 unspecified atom stereocenters. The minimum atomic E-state index is -1.07. The van der Waals surface area contributed by atoms with Crippen LogP contribution in [0.2, 0.25) is 0 Å². The van der Waals surface area contributed by atoms with Crippen LogP contribution in [0.1, 0.15) is 19.3 Å². The monoisotopic (exact) mass is 189 g/mol. The van der Waals surface area contributed by atoms with Gasteiger partial charge in [0.2, 0.25) is 5.28 Å². The number of nitrogens with zero attached hydrogens (tertiary/aromatic N) is 3. The van der Waals surface area contributed by atoms with Gasteiger partial charge in [-0.1, -0.05) is 0 Å². The number of piperidine rings is 1. The summed E-state index contributed by atoms with van der Waals surface area (Å²) in [6, 6.07) is -0.873. The lowest BCUT2D eigenvalue weighted by Gasteiger charge is -2.27. The molecule has 7 nitrogen and oxygen atoms in total. The minimum Gasteiger partial charge on any atom is -0.569 e. The summed E-state index contributed by atoms with van der Waals surface area (Å²) in [5.74, 6) is -1.07. The Morgan fingerprint density at radius 2 is 2.31 bits per heavy atom. The second-order valence-corrected chi connectivity index (χ2v) is 2.86. The molecule has 0 aromatic rings. The topological polar surface area (TPSA) is 99.2 Å². The van der Waals surface area contributed by atoms with Crippen LogP contribution in [0.25, 0.3) is 0 Å². The van der Waals surface area contributed by atoms with E-state index in [1.165, 1.54) is 0 Å². The maximum absolute atomic E-state index is 10.8. The highest BCUT2D eigenvalue weighted by Crippen LogP contribution is 2.16. The van der Waals surface area contributed by atoms with E-state index in [2.05, 4.69) is 5.28 Å². The van der Waals surface area contributed by atoms with Gasteiger partial charge in [-0.05, 0) is 19.3 Å². The summed E-state index contributed by atoms with van der Waals surface area (Å²) in [6.07, 6.45) is 1.91. The van der Waals surface area contributed by atoms with Crippen molar-refractivity contribution in [3.8, 4) is 0 Å². The quantitative estimate of drug-likeness (QED) is 0.367. The molecule has 1 fully saturated rings. The van der Waals surface area contributed by atoms with Crippen molar-refractivity contribution in [2.24, 2.45) is 5.28 Å². The third kappa shape index (κ3) is 1.98. The number of carbonyl (C=O) groups is 1. The predicted octanol–water partition coefficient (Wildman–Crippen LogP) is 0.192. The van der Waals surface area contributed by atoms with Crippen molar-refractivity contribution in [3.05, 3.63) is 5.21 Å². The van der Waals surface area contributed by atoms with E-state index >= 15 is 0 Å². The molecule has 0 spiro atoms. The Hall–Kier alpha value is -1.53. The first-order chi connectivity index (χ1) is 6.16. The van der Waals surface area contributed by atoms with Gasteiger partial charge in [0, 0.05) is 0 Å². The number of hydrogen-bond acceptors (Lipinski definition) is 3. The van der Waals surface area contributed by atoms with Crippen LogP contribution in [0, 0.1) is 5.21 Å². The molecule has 1 heterocycles. The summed E-state index contributed by atoms with van der Waals surface area (Å²) in [7, 11) is 0. The molecule has 74 valence electrons. The zero-order valence-electron chi connectivity index (χ0n) is 6.96. The second kappa shape index (κ2) is 3.92. The Kier molecular flexibility index (Phi) is 2.88. The summed E-state index contributed by atoms with van der Waals surface area (Å²) >= 11 is 0. The molecule has 1 rings (SSSR count). The fraction of sp³-hybridized carbons (Fsp3) is 0.833. The number of rotatable bonds is 2. The van der Waals surface area contributed by atoms with Gasteiger partial charge in [-0.15, -0.1) is 5.01 Å². The number of hydrazine groups is 1. The highest BCUT2D eigenvalue weighted by atomic mass is 16.6. The van der Waals surface area contributed by atoms with Gasteiger partial charge in [-0.25, -0.2) is 4.79 Å². The molecule has 1 atom stereocenters. The Morgan fingerprint density at radius 3 is 2.85 bits per heavy atom. The van der Waals surface area contributed by atoms with E-state index in [0.29, 0.717) is 13.0 Å². The third-order valence-corrected chi connectivity index (χ3v) is 2.06. The van der Waals surface area contributed by atoms with Crippen LogP contribution in [-0.4, -0.2) is 38.8 Å². The third-order valence-electron chi connectivity index (χ3n) is 2.06. The highest BCUT2D eigenvalue weighted by molar-refractivity contribution is 5.73. The molecular weight excluding hydrogens is 178 g/mol. The van der Waals surface area contributed by atoms with E-state index in [9.17, 15) is 10.0 Å². The summed E-state index contributed by atoms with van der Waals surface area (Å²) < 4.78 is 0. The molecule has 7 heteroatoms. The zero-order chi connectivity index (χ0) is 9.84. The Morgan fingerprint density at radius 1 is 1.62 bits per heavy atom. The Labute approximate surface area is 74.4 Å². The molecule has 13 heavy (non-hydrogen) atoms. The standard InChI is InChI=1S/C6H11N3O4/c10-6(11)5-3-1-2-4-8(5)9(13)7-12/h5,12H,1-4H2,(H,10,11)/b9-7+. The molecule has 0 aliphatic carbocycles. The molecule has 0 saturated carbocycles. The average Bonchev–Trinajstić information content (AvgIpc) is 2.16. The van der Waals surface area contributed by atoms with Crippen LogP contribution in [0.15, 0.2) is 5.28 Å². The maximum Gasteiger partial charge on any atom is 0.332 e. The fourth-order valence-electron chi connectivity index (χ4n) is 1.42. The first-order valence-electron chi connectivity index (χ1n) is 3.98. The molecule has 1 saturated heterocycles. The summed E-state index contributed by atoms with van der Waals surface area (Å²) in [4.78, 5) is 10.6. The summed E-state index contributed by atoms with van der Waals surface area (Å²) in [6.45, 7) is 0.310. The smallest absolute Gasteiger partial charge is 0.332 e. The lowest BCUT2D eigenvalue weighted by molar-refractivity contribution is -0.716. The van der Waals surface area contributed by atoms with Gasteiger partial charge in [0.15, 0.2) is 6.04 Å². The van der Waals surface area contributed by atoms with Crippen LogP contribution < -0.4 is 0 Å².